The summed E-state index contributed by atoms with van der Waals surface area (Å²) in [4.78, 5) is 21.9. The minimum absolute atomic E-state index is 0.160. The highest BCUT2D eigenvalue weighted by Gasteiger charge is 2.25. The summed E-state index contributed by atoms with van der Waals surface area (Å²) < 4.78 is 13.3. The Morgan fingerprint density at radius 1 is 1.52 bits per heavy atom. The minimum Gasteiger partial charge on any atom is -0.479 e. The van der Waals surface area contributed by atoms with Crippen LogP contribution in [0.15, 0.2) is 29.6 Å². The van der Waals surface area contributed by atoms with Gasteiger partial charge in [0.05, 0.1) is 16.0 Å². The summed E-state index contributed by atoms with van der Waals surface area (Å²) in [5.41, 5.74) is -0.744. The minimum atomic E-state index is -1.22. The number of anilines is 1. The number of nitrogens with zero attached hydrogens (tertiary/aromatic N) is 1. The van der Waals surface area contributed by atoms with E-state index in [1.54, 1.807) is 17.5 Å². The first-order valence-corrected chi connectivity index (χ1v) is 6.82. The van der Waals surface area contributed by atoms with Crippen LogP contribution in [0.5, 0.6) is 0 Å². The lowest BCUT2D eigenvalue weighted by atomic mass is 10.2. The molecule has 6 nitrogen and oxygen atoms in total. The monoisotopic (exact) mass is 330 g/mol. The molecule has 0 fully saturated rings. The van der Waals surface area contributed by atoms with Crippen LogP contribution in [-0.4, -0.2) is 16.0 Å². The van der Waals surface area contributed by atoms with Crippen LogP contribution in [0.3, 0.4) is 0 Å². The van der Waals surface area contributed by atoms with Gasteiger partial charge in [0.1, 0.15) is 11.5 Å². The van der Waals surface area contributed by atoms with Crippen molar-refractivity contribution in [3.05, 3.63) is 55.5 Å². The summed E-state index contributed by atoms with van der Waals surface area (Å²) in [7, 11) is 0. The van der Waals surface area contributed by atoms with Crippen LogP contribution in [0, 0.1) is 15.9 Å². The zero-order valence-electron chi connectivity index (χ0n) is 10.2. The largest absolute Gasteiger partial charge is 0.479 e. The van der Waals surface area contributed by atoms with Crippen molar-refractivity contribution in [2.24, 2.45) is 0 Å². The molecule has 0 spiro atoms. The van der Waals surface area contributed by atoms with Crippen molar-refractivity contribution in [2.75, 3.05) is 5.32 Å². The van der Waals surface area contributed by atoms with E-state index in [4.69, 9.17) is 11.6 Å². The van der Waals surface area contributed by atoms with Gasteiger partial charge in [-0.25, -0.2) is 9.18 Å². The molecule has 1 heterocycles. The van der Waals surface area contributed by atoms with E-state index in [1.807, 2.05) is 0 Å². The maximum absolute atomic E-state index is 13.3. The Labute approximate surface area is 126 Å². The van der Waals surface area contributed by atoms with Gasteiger partial charge in [-0.3, -0.25) is 10.1 Å². The number of thiophene rings is 1. The highest BCUT2D eigenvalue weighted by atomic mass is 35.5. The van der Waals surface area contributed by atoms with E-state index in [2.05, 4.69) is 5.32 Å². The third kappa shape index (κ3) is 3.29. The Bertz CT molecular complexity index is 693. The molecule has 2 aromatic rings. The van der Waals surface area contributed by atoms with Crippen molar-refractivity contribution >= 4 is 40.3 Å². The van der Waals surface area contributed by atoms with Crippen LogP contribution in [0.2, 0.25) is 5.02 Å². The Hall–Kier alpha value is -2.19. The predicted molar refractivity (Wildman–Crippen MR) is 76.4 cm³/mol. The zero-order chi connectivity index (χ0) is 15.6. The van der Waals surface area contributed by atoms with Crippen molar-refractivity contribution in [1.29, 1.82) is 0 Å². The molecule has 21 heavy (non-hydrogen) atoms. The van der Waals surface area contributed by atoms with E-state index < -0.39 is 28.4 Å². The average molecular weight is 331 g/mol. The molecule has 1 atom stereocenters. The second-order valence-electron chi connectivity index (χ2n) is 3.97. The summed E-state index contributed by atoms with van der Waals surface area (Å²) in [6.07, 6.45) is 0. The lowest BCUT2D eigenvalue weighted by Gasteiger charge is -2.14. The molecule has 110 valence electrons. The standard InChI is InChI=1S/C12H8ClFN2O4S/c13-6-4-8(9(16(19)20)5-7(6)14)15-11(12(17)18)10-2-1-3-21-10/h1-5,11,15H,(H,17,18). The molecule has 0 aliphatic heterocycles. The number of carboxylic acids is 1. The first-order valence-electron chi connectivity index (χ1n) is 5.56. The van der Waals surface area contributed by atoms with Crippen LogP contribution < -0.4 is 5.32 Å². The lowest BCUT2D eigenvalue weighted by Crippen LogP contribution is -2.20. The van der Waals surface area contributed by atoms with Crippen molar-refractivity contribution in [2.45, 2.75) is 6.04 Å². The molecular formula is C12H8ClFN2O4S. The molecule has 1 unspecified atom stereocenters. The Balaban J connectivity index is 2.43. The van der Waals surface area contributed by atoms with Crippen LogP contribution in [0.25, 0.3) is 0 Å². The Morgan fingerprint density at radius 3 is 2.76 bits per heavy atom. The first kappa shape index (κ1) is 15.2. The highest BCUT2D eigenvalue weighted by molar-refractivity contribution is 7.10. The maximum atomic E-state index is 13.3. The van der Waals surface area contributed by atoms with Gasteiger partial charge in [0, 0.05) is 4.88 Å². The fourth-order valence-electron chi connectivity index (χ4n) is 1.67. The number of nitrogens with one attached hydrogen (secondary N) is 1. The first-order chi connectivity index (χ1) is 9.90. The summed E-state index contributed by atoms with van der Waals surface area (Å²) in [6, 6.07) is 3.69. The molecular weight excluding hydrogens is 323 g/mol. The molecule has 0 amide bonds. The topological polar surface area (TPSA) is 92.5 Å². The van der Waals surface area contributed by atoms with Crippen molar-refractivity contribution in [3.63, 3.8) is 0 Å². The molecule has 2 N–H and O–H groups in total. The maximum Gasteiger partial charge on any atom is 0.331 e. The number of nitro benzene ring substituents is 1. The molecule has 0 radical (unpaired) electrons. The number of hydrogen-bond acceptors (Lipinski definition) is 5. The van der Waals surface area contributed by atoms with E-state index in [0.29, 0.717) is 10.9 Å². The van der Waals surface area contributed by atoms with Gasteiger partial charge in [-0.05, 0) is 17.5 Å². The number of rotatable bonds is 5. The number of nitro groups is 1. The van der Waals surface area contributed by atoms with E-state index in [9.17, 15) is 24.4 Å². The highest BCUT2D eigenvalue weighted by Crippen LogP contribution is 2.33. The fraction of sp³-hybridized carbons (Fsp3) is 0.0833. The van der Waals surface area contributed by atoms with E-state index >= 15 is 0 Å². The third-order valence-corrected chi connectivity index (χ3v) is 3.84. The summed E-state index contributed by atoms with van der Waals surface area (Å²) in [5.74, 6) is -2.16. The van der Waals surface area contributed by atoms with Gasteiger partial charge < -0.3 is 10.4 Å². The van der Waals surface area contributed by atoms with Gasteiger partial charge in [-0.1, -0.05) is 17.7 Å². The van der Waals surface area contributed by atoms with Crippen LogP contribution in [0.4, 0.5) is 15.8 Å². The van der Waals surface area contributed by atoms with Crippen LogP contribution in [-0.2, 0) is 4.79 Å². The van der Waals surface area contributed by atoms with Gasteiger partial charge >= 0.3 is 5.97 Å². The van der Waals surface area contributed by atoms with Gasteiger partial charge in [0.2, 0.25) is 0 Å². The quantitative estimate of drug-likeness (QED) is 0.644. The molecule has 0 bridgehead atoms. The molecule has 1 aromatic carbocycles. The van der Waals surface area contributed by atoms with E-state index in [-0.39, 0.29) is 10.7 Å². The number of carbonyl (C=O) groups is 1. The number of halogens is 2. The molecule has 0 saturated carbocycles. The van der Waals surface area contributed by atoms with Gasteiger partial charge in [0.15, 0.2) is 6.04 Å². The normalized spacial score (nSPS) is 11.9. The van der Waals surface area contributed by atoms with E-state index in [0.717, 1.165) is 6.07 Å². The van der Waals surface area contributed by atoms with Gasteiger partial charge in [-0.2, -0.15) is 0 Å². The van der Waals surface area contributed by atoms with Crippen molar-refractivity contribution in [1.82, 2.24) is 0 Å². The number of benzene rings is 1. The predicted octanol–water partition coefficient (Wildman–Crippen LogP) is 3.69. The fourth-order valence-corrected chi connectivity index (χ4v) is 2.60. The third-order valence-electron chi connectivity index (χ3n) is 2.61. The zero-order valence-corrected chi connectivity index (χ0v) is 11.8. The average Bonchev–Trinajstić information content (AvgIpc) is 2.92. The Morgan fingerprint density at radius 2 is 2.24 bits per heavy atom. The number of aliphatic carboxylic acids is 1. The second kappa shape index (κ2) is 6.06. The number of hydrogen-bond donors (Lipinski definition) is 2. The van der Waals surface area contributed by atoms with Crippen molar-refractivity contribution in [3.8, 4) is 0 Å². The summed E-state index contributed by atoms with van der Waals surface area (Å²) in [6.45, 7) is 0. The summed E-state index contributed by atoms with van der Waals surface area (Å²) in [5, 5.41) is 24.0. The van der Waals surface area contributed by atoms with E-state index in [1.165, 1.54) is 11.3 Å². The molecule has 0 aliphatic carbocycles. The van der Waals surface area contributed by atoms with Crippen LogP contribution >= 0.6 is 22.9 Å². The molecule has 1 aromatic heterocycles. The second-order valence-corrected chi connectivity index (χ2v) is 5.36. The molecule has 2 rings (SSSR count). The van der Waals surface area contributed by atoms with Crippen LogP contribution in [0.1, 0.15) is 10.9 Å². The van der Waals surface area contributed by atoms with Crippen molar-refractivity contribution < 1.29 is 19.2 Å². The molecule has 0 aliphatic rings. The van der Waals surface area contributed by atoms with Gasteiger partial charge in [-0.15, -0.1) is 11.3 Å². The smallest absolute Gasteiger partial charge is 0.331 e. The summed E-state index contributed by atoms with van der Waals surface area (Å²) >= 11 is 6.78. The SMILES string of the molecule is O=C(O)C(Nc1cc(Cl)c(F)cc1[N+](=O)[O-])c1cccs1. The number of carboxylic acid groups (broad SMARTS) is 1. The lowest BCUT2D eigenvalue weighted by molar-refractivity contribution is -0.384. The molecule has 0 saturated heterocycles. The van der Waals surface area contributed by atoms with Gasteiger partial charge in [0.25, 0.3) is 5.69 Å². The Kier molecular flexibility index (Phi) is 4.39. The molecule has 9 heteroatoms.